The average Bonchev–Trinajstić information content (AvgIpc) is 3.69. The van der Waals surface area contributed by atoms with Gasteiger partial charge in [-0.25, -0.2) is 4.98 Å². The number of piperidine rings is 1. The molecule has 3 N–H and O–H groups in total. The van der Waals surface area contributed by atoms with Gasteiger partial charge in [-0.3, -0.25) is 9.59 Å². The molecule has 3 aliphatic heterocycles. The molecule has 1 atom stereocenters. The van der Waals surface area contributed by atoms with Crippen LogP contribution in [0.4, 0.5) is 23.1 Å². The van der Waals surface area contributed by atoms with Crippen molar-refractivity contribution in [3.05, 3.63) is 30.0 Å². The number of ether oxygens (including phenoxy) is 2. The van der Waals surface area contributed by atoms with Crippen LogP contribution >= 0.6 is 0 Å². The second kappa shape index (κ2) is 17.6. The number of hydrogen-bond donors (Lipinski definition) is 3. The number of benzene rings is 1. The first-order chi connectivity index (χ1) is 24.4. The summed E-state index contributed by atoms with van der Waals surface area (Å²) < 4.78 is 11.7. The molecule has 4 aliphatic rings. The van der Waals surface area contributed by atoms with E-state index in [-0.39, 0.29) is 17.9 Å². The maximum atomic E-state index is 13.2. The summed E-state index contributed by atoms with van der Waals surface area (Å²) in [7, 11) is 3.39. The van der Waals surface area contributed by atoms with Crippen LogP contribution in [-0.2, 0) is 9.53 Å². The van der Waals surface area contributed by atoms with Crippen molar-refractivity contribution in [3.8, 4) is 5.75 Å². The first-order valence-corrected chi connectivity index (χ1v) is 18.9. The van der Waals surface area contributed by atoms with Crippen molar-refractivity contribution in [2.75, 3.05) is 94.8 Å². The second-order valence-corrected chi connectivity index (χ2v) is 14.1. The Labute approximate surface area is 297 Å². The fourth-order valence-electron chi connectivity index (χ4n) is 7.84. The van der Waals surface area contributed by atoms with Gasteiger partial charge in [-0.2, -0.15) is 4.98 Å². The van der Waals surface area contributed by atoms with Crippen molar-refractivity contribution >= 4 is 35.0 Å². The molecule has 2 aromatic rings. The van der Waals surface area contributed by atoms with Gasteiger partial charge in [0.2, 0.25) is 11.9 Å². The van der Waals surface area contributed by atoms with Crippen LogP contribution in [0.15, 0.2) is 24.4 Å². The minimum atomic E-state index is -0.236. The number of nitrogens with one attached hydrogen (secondary N) is 3. The highest BCUT2D eigenvalue weighted by atomic mass is 16.5. The first-order valence-electron chi connectivity index (χ1n) is 18.9. The molecular weight excluding hydrogens is 634 g/mol. The molecule has 13 heteroatoms. The molecule has 0 spiro atoms. The molecule has 1 aliphatic carbocycles. The fraction of sp³-hybridized carbons (Fsp3) is 0.676. The molecule has 274 valence electrons. The number of aromatic nitrogens is 2. The van der Waals surface area contributed by atoms with Crippen molar-refractivity contribution < 1.29 is 19.1 Å². The monoisotopic (exact) mass is 691 g/mol. The van der Waals surface area contributed by atoms with E-state index in [1.807, 2.05) is 6.07 Å². The molecule has 0 radical (unpaired) electrons. The molecule has 2 amide bonds. The molecule has 3 fully saturated rings. The van der Waals surface area contributed by atoms with Crippen LogP contribution in [-0.4, -0.2) is 129 Å². The lowest BCUT2D eigenvalue weighted by atomic mass is 10.0. The molecule has 1 saturated carbocycles. The van der Waals surface area contributed by atoms with E-state index in [1.54, 1.807) is 37.4 Å². The molecular formula is C37H57N9O4. The first kappa shape index (κ1) is 36.3. The Balaban J connectivity index is 0.958. The number of anilines is 4. The van der Waals surface area contributed by atoms with Crippen LogP contribution in [0, 0.1) is 0 Å². The number of piperazine rings is 1. The summed E-state index contributed by atoms with van der Waals surface area (Å²) in [6, 6.07) is 5.42. The Kier molecular flexibility index (Phi) is 12.8. The quantitative estimate of drug-likeness (QED) is 0.237. The Morgan fingerprint density at radius 2 is 1.74 bits per heavy atom. The van der Waals surface area contributed by atoms with Crippen molar-refractivity contribution in [3.63, 3.8) is 0 Å². The highest BCUT2D eigenvalue weighted by molar-refractivity contribution is 6.04. The Bertz CT molecular complexity index is 1420. The lowest BCUT2D eigenvalue weighted by molar-refractivity contribution is -0.120. The third-order valence-corrected chi connectivity index (χ3v) is 10.8. The number of hydrogen-bond acceptors (Lipinski definition) is 11. The van der Waals surface area contributed by atoms with Crippen molar-refractivity contribution in [2.24, 2.45) is 0 Å². The molecule has 13 nitrogen and oxygen atoms in total. The van der Waals surface area contributed by atoms with E-state index < -0.39 is 0 Å². The third-order valence-electron chi connectivity index (χ3n) is 10.8. The highest BCUT2D eigenvalue weighted by Crippen LogP contribution is 2.40. The number of nitrogens with zero attached hydrogens (tertiary/aromatic N) is 6. The maximum Gasteiger partial charge on any atom is 0.251 e. The van der Waals surface area contributed by atoms with Crippen molar-refractivity contribution in [1.82, 2.24) is 30.4 Å². The van der Waals surface area contributed by atoms with E-state index in [4.69, 9.17) is 14.5 Å². The summed E-state index contributed by atoms with van der Waals surface area (Å²) in [5.41, 5.74) is 1.93. The summed E-state index contributed by atoms with van der Waals surface area (Å²) in [5.74, 6) is 1.70. The van der Waals surface area contributed by atoms with E-state index in [9.17, 15) is 9.59 Å². The molecule has 1 aromatic carbocycles. The largest absolute Gasteiger partial charge is 0.495 e. The fourth-order valence-corrected chi connectivity index (χ4v) is 7.84. The van der Waals surface area contributed by atoms with E-state index in [2.05, 4.69) is 42.6 Å². The number of fused-ring (bicyclic) bond motifs is 1. The van der Waals surface area contributed by atoms with Crippen molar-refractivity contribution in [1.29, 1.82) is 0 Å². The molecule has 4 heterocycles. The van der Waals surface area contributed by atoms with Gasteiger partial charge >= 0.3 is 0 Å². The van der Waals surface area contributed by atoms with Gasteiger partial charge in [0.05, 0.1) is 25.1 Å². The van der Waals surface area contributed by atoms with Gasteiger partial charge in [-0.1, -0.05) is 19.8 Å². The lowest BCUT2D eigenvalue weighted by Gasteiger charge is -2.43. The number of likely N-dealkylation sites (N-methyl/N-ethyl adjacent to an activating group) is 1. The summed E-state index contributed by atoms with van der Waals surface area (Å²) in [5, 5.41) is 9.77. The van der Waals surface area contributed by atoms with Crippen LogP contribution in [0.25, 0.3) is 0 Å². The summed E-state index contributed by atoms with van der Waals surface area (Å²) in [4.78, 5) is 44.7. The number of carbonyl (C=O) groups excluding carboxylic acids is 2. The third kappa shape index (κ3) is 8.85. The second-order valence-electron chi connectivity index (χ2n) is 14.1. The molecule has 50 heavy (non-hydrogen) atoms. The van der Waals surface area contributed by atoms with Crippen LogP contribution in [0.1, 0.15) is 75.1 Å². The van der Waals surface area contributed by atoms with E-state index in [1.165, 1.54) is 0 Å². The van der Waals surface area contributed by atoms with Crippen LogP contribution < -0.4 is 30.5 Å². The zero-order valence-corrected chi connectivity index (χ0v) is 30.3. The summed E-state index contributed by atoms with van der Waals surface area (Å²) in [6.07, 6.45) is 11.6. The zero-order chi connectivity index (χ0) is 34.9. The van der Waals surface area contributed by atoms with Gasteiger partial charge < -0.3 is 45.0 Å². The predicted molar refractivity (Wildman–Crippen MR) is 197 cm³/mol. The topological polar surface area (TPSA) is 127 Å². The average molecular weight is 692 g/mol. The van der Waals surface area contributed by atoms with Crippen LogP contribution in [0.2, 0.25) is 0 Å². The van der Waals surface area contributed by atoms with E-state index in [0.29, 0.717) is 41.6 Å². The minimum absolute atomic E-state index is 0.0880. The highest BCUT2D eigenvalue weighted by Gasteiger charge is 2.41. The maximum absolute atomic E-state index is 13.2. The van der Waals surface area contributed by atoms with Gasteiger partial charge in [-0.15, -0.1) is 0 Å². The summed E-state index contributed by atoms with van der Waals surface area (Å²) in [6.45, 7) is 12.1. The minimum Gasteiger partial charge on any atom is -0.495 e. The SMILES string of the molecule is CC[C@@H]1C(=O)N(C)c2cnc(Nc3ccc(C(=O)NCCCN4CCN(CCCOC5CCNCC5)CC4)cc3OC)nc2N1C1CCCC1. The van der Waals surface area contributed by atoms with Gasteiger partial charge in [0.1, 0.15) is 17.5 Å². The molecule has 0 unspecified atom stereocenters. The Morgan fingerprint density at radius 1 is 1.02 bits per heavy atom. The van der Waals surface area contributed by atoms with Gasteiger partial charge in [-0.05, 0) is 82.8 Å². The number of rotatable bonds is 15. The van der Waals surface area contributed by atoms with Gasteiger partial charge in [0, 0.05) is 64.5 Å². The molecule has 2 saturated heterocycles. The molecule has 0 bridgehead atoms. The lowest BCUT2D eigenvalue weighted by Crippen LogP contribution is -2.55. The number of amides is 2. The molecule has 1 aromatic heterocycles. The van der Waals surface area contributed by atoms with Gasteiger partial charge in [0.15, 0.2) is 5.82 Å². The Morgan fingerprint density at radius 3 is 2.44 bits per heavy atom. The van der Waals surface area contributed by atoms with E-state index in [0.717, 1.165) is 128 Å². The van der Waals surface area contributed by atoms with E-state index >= 15 is 0 Å². The molecule has 6 rings (SSSR count). The smallest absolute Gasteiger partial charge is 0.251 e. The number of carbonyl (C=O) groups is 2. The predicted octanol–water partition coefficient (Wildman–Crippen LogP) is 3.63. The van der Waals surface area contributed by atoms with Crippen molar-refractivity contribution in [2.45, 2.75) is 82.9 Å². The summed E-state index contributed by atoms with van der Waals surface area (Å²) >= 11 is 0. The standard InChI is InChI=1S/C37H57N9O4/c1-4-31-36(48)43(2)32-26-40-37(42-34(32)46(31)28-9-5-6-10-28)41-30-12-11-27(25-33(30)49-3)35(47)39-15-7-18-44-20-22-45(23-21-44)19-8-24-50-29-13-16-38-17-14-29/h11-12,25-26,28-29,31,38H,4-10,13-24H2,1-3H3,(H,39,47)(H,40,41,42)/t31-/m1/s1. The van der Waals surface area contributed by atoms with Crippen LogP contribution in [0.3, 0.4) is 0 Å². The number of methoxy groups -OCH3 is 1. The normalized spacial score (nSPS) is 21.0. The van der Waals surface area contributed by atoms with Crippen LogP contribution in [0.5, 0.6) is 5.75 Å². The Hall–Kier alpha value is -3.52. The van der Waals surface area contributed by atoms with Gasteiger partial charge in [0.25, 0.3) is 5.91 Å². The zero-order valence-electron chi connectivity index (χ0n) is 30.3.